The number of hydrogen-bond donors (Lipinski definition) is 0. The molecule has 0 aromatic carbocycles. The van der Waals surface area contributed by atoms with Crippen molar-refractivity contribution in [3.63, 3.8) is 0 Å². The average molecular weight is 223 g/mol. The third-order valence-electron chi connectivity index (χ3n) is 1.56. The zero-order valence-corrected chi connectivity index (χ0v) is 9.78. The number of rotatable bonds is 5. The van der Waals surface area contributed by atoms with Crippen molar-refractivity contribution in [1.82, 2.24) is 0 Å². The molecule has 76 valence electrons. The van der Waals surface area contributed by atoms with Crippen LogP contribution in [-0.4, -0.2) is 52.9 Å². The fraction of sp³-hybridized carbons (Fsp3) is 0.857. The lowest BCUT2D eigenvalue weighted by Gasteiger charge is -1.99. The highest BCUT2D eigenvalue weighted by Gasteiger charge is 2.15. The lowest BCUT2D eigenvalue weighted by atomic mass is 10.6. The molecule has 0 heterocycles. The molecule has 0 saturated heterocycles. The largest absolute Gasteiger partial charge is 0.292 e. The molecule has 0 spiro atoms. The zero-order valence-electron chi connectivity index (χ0n) is 8.15. The molecule has 0 aliphatic carbocycles. The van der Waals surface area contributed by atoms with Crippen LogP contribution in [0.2, 0.25) is 0 Å². The molecule has 0 N–H and O–H groups in total. The Kier molecular flexibility index (Phi) is 7.07. The molecule has 0 aliphatic rings. The van der Waals surface area contributed by atoms with Crippen molar-refractivity contribution >= 4 is 28.6 Å². The van der Waals surface area contributed by atoms with E-state index in [0.29, 0.717) is 0 Å². The molecule has 0 fully saturated rings. The first-order chi connectivity index (χ1) is 6.11. The molecule has 13 heavy (non-hydrogen) atoms. The Morgan fingerprint density at radius 2 is 2.08 bits per heavy atom. The molecule has 4 nitrogen and oxygen atoms in total. The summed E-state index contributed by atoms with van der Waals surface area (Å²) in [6.45, 7) is 0.803. The minimum Gasteiger partial charge on any atom is -0.264 e. The van der Waals surface area contributed by atoms with Gasteiger partial charge in [0.25, 0.3) is 11.6 Å². The summed E-state index contributed by atoms with van der Waals surface area (Å²) in [7, 11) is 1.89. The van der Waals surface area contributed by atoms with Gasteiger partial charge in [0.05, 0.1) is 5.75 Å². The van der Waals surface area contributed by atoms with Crippen LogP contribution in [0.3, 0.4) is 0 Å². The monoisotopic (exact) mass is 223 g/mol. The van der Waals surface area contributed by atoms with E-state index in [0.717, 1.165) is 17.3 Å². The Bertz CT molecular complexity index is 207. The van der Waals surface area contributed by atoms with Crippen LogP contribution in [0.15, 0.2) is 0 Å². The minimum absolute atomic E-state index is 0.0634. The van der Waals surface area contributed by atoms with Gasteiger partial charge >= 0.3 is 0 Å². The Labute approximate surface area is 86.9 Å². The lowest BCUT2D eigenvalue weighted by Crippen LogP contribution is -2.23. The molecule has 0 aliphatic heterocycles. The summed E-state index contributed by atoms with van der Waals surface area (Å²) in [5, 5.41) is 11.1. The average Bonchev–Trinajstić information content (AvgIpc) is 2.09. The molecule has 0 rings (SSSR count). The second-order valence-electron chi connectivity index (χ2n) is 2.50. The standard InChI is InChI=1S/C7H15N2O2S2/c1-8(4-5-12-2)7(13-3)6-9(10)11/h4-6H2,1-3H3/q+1. The van der Waals surface area contributed by atoms with Crippen molar-refractivity contribution in [2.24, 2.45) is 0 Å². The normalized spacial score (nSPS) is 12.5. The molecule has 0 saturated carbocycles. The van der Waals surface area contributed by atoms with Crippen molar-refractivity contribution in [3.8, 4) is 0 Å². The maximum atomic E-state index is 10.3. The van der Waals surface area contributed by atoms with Crippen LogP contribution in [0.1, 0.15) is 0 Å². The van der Waals surface area contributed by atoms with E-state index in [-0.39, 0.29) is 11.5 Å². The van der Waals surface area contributed by atoms with Crippen LogP contribution in [-0.2, 0) is 0 Å². The van der Waals surface area contributed by atoms with Gasteiger partial charge in [0.1, 0.15) is 7.05 Å². The second-order valence-corrected chi connectivity index (χ2v) is 4.37. The molecule has 0 radical (unpaired) electrons. The quantitative estimate of drug-likeness (QED) is 0.230. The van der Waals surface area contributed by atoms with Crippen molar-refractivity contribution < 1.29 is 9.50 Å². The van der Waals surface area contributed by atoms with Crippen molar-refractivity contribution in [2.45, 2.75) is 0 Å². The van der Waals surface area contributed by atoms with Gasteiger partial charge in [-0.25, -0.2) is 4.58 Å². The predicted molar refractivity (Wildman–Crippen MR) is 59.8 cm³/mol. The van der Waals surface area contributed by atoms with Crippen LogP contribution in [0, 0.1) is 10.1 Å². The van der Waals surface area contributed by atoms with Gasteiger partial charge in [-0.05, 0) is 12.5 Å². The lowest BCUT2D eigenvalue weighted by molar-refractivity contribution is -0.512. The van der Waals surface area contributed by atoms with Gasteiger partial charge in [-0.15, -0.1) is 0 Å². The van der Waals surface area contributed by atoms with Gasteiger partial charge in [0.15, 0.2) is 6.54 Å². The van der Waals surface area contributed by atoms with Gasteiger partial charge in [0.2, 0.25) is 0 Å². The molecular formula is C7H15N2O2S2+. The van der Waals surface area contributed by atoms with E-state index in [2.05, 4.69) is 0 Å². The van der Waals surface area contributed by atoms with E-state index in [4.69, 9.17) is 0 Å². The first kappa shape index (κ1) is 12.8. The highest BCUT2D eigenvalue weighted by molar-refractivity contribution is 8.13. The van der Waals surface area contributed by atoms with Crippen LogP contribution in [0.5, 0.6) is 0 Å². The third kappa shape index (κ3) is 5.93. The number of nitro groups is 1. The first-order valence-corrected chi connectivity index (χ1v) is 6.45. The first-order valence-electron chi connectivity index (χ1n) is 3.83. The molecule has 0 unspecified atom stereocenters. The van der Waals surface area contributed by atoms with Gasteiger partial charge < -0.3 is 0 Å². The zero-order chi connectivity index (χ0) is 10.3. The predicted octanol–water partition coefficient (Wildman–Crippen LogP) is 1.03. The summed E-state index contributed by atoms with van der Waals surface area (Å²) < 4.78 is 1.95. The summed E-state index contributed by atoms with van der Waals surface area (Å²) in [5.41, 5.74) is 0. The highest BCUT2D eigenvalue weighted by atomic mass is 32.2. The van der Waals surface area contributed by atoms with Gasteiger partial charge in [-0.1, -0.05) is 11.8 Å². The SMILES string of the molecule is CSCC[N+](C)=C(C[N+](=O)[O-])SC. The molecule has 0 aromatic rings. The molecule has 0 aromatic heterocycles. The topological polar surface area (TPSA) is 46.1 Å². The highest BCUT2D eigenvalue weighted by Crippen LogP contribution is 1.99. The summed E-state index contributed by atoms with van der Waals surface area (Å²) in [4.78, 5) is 10.00. The molecule has 0 bridgehead atoms. The number of hydrogen-bond acceptors (Lipinski definition) is 4. The van der Waals surface area contributed by atoms with E-state index in [1.54, 1.807) is 11.8 Å². The third-order valence-corrected chi connectivity index (χ3v) is 3.06. The summed E-state index contributed by atoms with van der Waals surface area (Å²) in [5.74, 6) is 0.998. The van der Waals surface area contributed by atoms with Crippen LogP contribution in [0.4, 0.5) is 0 Å². The van der Waals surface area contributed by atoms with E-state index < -0.39 is 0 Å². The van der Waals surface area contributed by atoms with E-state index >= 15 is 0 Å². The van der Waals surface area contributed by atoms with Crippen molar-refractivity contribution in [1.29, 1.82) is 0 Å². The minimum atomic E-state index is -0.290. The maximum Gasteiger partial charge on any atom is 0.292 e. The Balaban J connectivity index is 4.21. The van der Waals surface area contributed by atoms with E-state index in [9.17, 15) is 10.1 Å². The van der Waals surface area contributed by atoms with Crippen molar-refractivity contribution in [2.75, 3.05) is 38.4 Å². The van der Waals surface area contributed by atoms with Gasteiger partial charge in [-0.3, -0.25) is 10.1 Å². The van der Waals surface area contributed by atoms with E-state index in [1.807, 2.05) is 24.1 Å². The fourth-order valence-corrected chi connectivity index (χ4v) is 1.90. The van der Waals surface area contributed by atoms with Crippen LogP contribution >= 0.6 is 23.5 Å². The summed E-state index contributed by atoms with van der Waals surface area (Å²) in [6.07, 6.45) is 3.90. The molecule has 6 heteroatoms. The Morgan fingerprint density at radius 1 is 1.46 bits per heavy atom. The second kappa shape index (κ2) is 7.20. The summed E-state index contributed by atoms with van der Waals surface area (Å²) in [6, 6.07) is 0. The van der Waals surface area contributed by atoms with Crippen LogP contribution in [0.25, 0.3) is 0 Å². The fourth-order valence-electron chi connectivity index (χ4n) is 0.804. The number of thioether (sulfide) groups is 2. The Hall–Kier alpha value is -0.230. The summed E-state index contributed by atoms with van der Waals surface area (Å²) >= 11 is 3.19. The Morgan fingerprint density at radius 3 is 2.46 bits per heavy atom. The van der Waals surface area contributed by atoms with Gasteiger partial charge in [-0.2, -0.15) is 11.8 Å². The van der Waals surface area contributed by atoms with E-state index in [1.165, 1.54) is 11.8 Å². The number of nitrogens with zero attached hydrogens (tertiary/aromatic N) is 2. The van der Waals surface area contributed by atoms with Gasteiger partial charge in [0, 0.05) is 4.92 Å². The molecular weight excluding hydrogens is 208 g/mol. The maximum absolute atomic E-state index is 10.3. The smallest absolute Gasteiger partial charge is 0.264 e. The molecule has 0 atom stereocenters. The molecule has 0 amide bonds. The van der Waals surface area contributed by atoms with Crippen molar-refractivity contribution in [3.05, 3.63) is 10.1 Å². The van der Waals surface area contributed by atoms with Crippen LogP contribution < -0.4 is 0 Å².